The Kier molecular flexibility index (Phi) is 18.8. The fourth-order valence-corrected chi connectivity index (χ4v) is 7.08. The van der Waals surface area contributed by atoms with Crippen molar-refractivity contribution in [3.63, 3.8) is 0 Å². The summed E-state index contributed by atoms with van der Waals surface area (Å²) in [6.07, 6.45) is 19.1. The van der Waals surface area contributed by atoms with Gasteiger partial charge < -0.3 is 14.2 Å². The van der Waals surface area contributed by atoms with Crippen LogP contribution in [0.2, 0.25) is 36.3 Å². The molecular weight excluding hydrogens is 487 g/mol. The molecule has 0 aliphatic carbocycles. The molecule has 0 radical (unpaired) electrons. The fourth-order valence-electron chi connectivity index (χ4n) is 4.30. The zero-order valence-corrected chi connectivity index (χ0v) is 29.8. The van der Waals surface area contributed by atoms with Crippen LogP contribution in [0.1, 0.15) is 145 Å². The molecule has 224 valence electrons. The zero-order valence-electron chi connectivity index (χ0n) is 27.8. The summed E-state index contributed by atoms with van der Waals surface area (Å²) in [5.74, 6) is 0. The molecule has 37 heavy (non-hydrogen) atoms. The minimum absolute atomic E-state index is 0.248. The van der Waals surface area contributed by atoms with E-state index in [1.54, 1.807) is 0 Å². The van der Waals surface area contributed by atoms with Gasteiger partial charge in [-0.15, -0.1) is 0 Å². The van der Waals surface area contributed by atoms with E-state index < -0.39 is 16.6 Å². The summed E-state index contributed by atoms with van der Waals surface area (Å²) >= 11 is 0. The molecule has 0 saturated carbocycles. The van der Waals surface area contributed by atoms with Gasteiger partial charge in [-0.05, 0) is 49.1 Å². The third-order valence-electron chi connectivity index (χ3n) is 9.04. The lowest BCUT2D eigenvalue weighted by molar-refractivity contribution is 0.140. The first-order valence-electron chi connectivity index (χ1n) is 16.1. The monoisotopic (exact) mass is 558 g/mol. The maximum absolute atomic E-state index is 6.95. The normalized spacial score (nSPS) is 15.2. The predicted octanol–water partition coefficient (Wildman–Crippen LogP) is 10.9. The van der Waals surface area contributed by atoms with Crippen LogP contribution in [0.4, 0.5) is 0 Å². The molecule has 0 fully saturated rings. The highest BCUT2D eigenvalue weighted by Gasteiger charge is 2.40. The number of unbranched alkanes of at least 4 members (excludes halogenated alkanes) is 10. The lowest BCUT2D eigenvalue weighted by atomic mass is 10.1. The van der Waals surface area contributed by atoms with Crippen molar-refractivity contribution in [1.29, 1.82) is 0 Å². The Balaban J connectivity index is 5.08. The molecule has 0 bridgehead atoms. The van der Waals surface area contributed by atoms with Crippen molar-refractivity contribution in [3.05, 3.63) is 0 Å². The molecule has 5 heteroatoms. The summed E-state index contributed by atoms with van der Waals surface area (Å²) in [7, 11) is -3.58. The molecule has 0 aromatic rings. The number of nitrogens with one attached hydrogen (secondary N) is 1. The Bertz CT molecular complexity index is 504. The topological polar surface area (TPSA) is 30.5 Å². The summed E-state index contributed by atoms with van der Waals surface area (Å²) in [4.78, 5) is 0. The van der Waals surface area contributed by atoms with Crippen molar-refractivity contribution in [3.8, 4) is 0 Å². The molecule has 0 aliphatic heterocycles. The standard InChI is InChI=1S/C32H71NO2Si2/c1-13-15-17-19-21-23-25-29(34-36(9,10)31(3,4)5)27-33-28-30(26-24-22-20-18-16-14-2)35-37(11,12)32(6,7)8/h29-30,33H,13-28H2,1-12H3. The molecule has 3 nitrogen and oxygen atoms in total. The molecule has 2 unspecified atom stereocenters. The third kappa shape index (κ3) is 16.9. The zero-order chi connectivity index (χ0) is 28.6. The van der Waals surface area contributed by atoms with E-state index in [9.17, 15) is 0 Å². The van der Waals surface area contributed by atoms with Crippen LogP contribution >= 0.6 is 0 Å². The van der Waals surface area contributed by atoms with Crippen LogP contribution in [0.25, 0.3) is 0 Å². The van der Waals surface area contributed by atoms with Gasteiger partial charge >= 0.3 is 0 Å². The van der Waals surface area contributed by atoms with Crippen molar-refractivity contribution in [2.75, 3.05) is 13.1 Å². The smallest absolute Gasteiger partial charge is 0.192 e. The van der Waals surface area contributed by atoms with E-state index >= 15 is 0 Å². The van der Waals surface area contributed by atoms with Gasteiger partial charge in [0.2, 0.25) is 0 Å². The lowest BCUT2D eigenvalue weighted by Crippen LogP contribution is -2.49. The summed E-state index contributed by atoms with van der Waals surface area (Å²) in [5.41, 5.74) is 0. The number of rotatable bonds is 22. The maximum Gasteiger partial charge on any atom is 0.192 e. The van der Waals surface area contributed by atoms with Crippen LogP contribution < -0.4 is 5.32 Å². The molecule has 1 N–H and O–H groups in total. The van der Waals surface area contributed by atoms with Crippen molar-refractivity contribution < 1.29 is 8.85 Å². The van der Waals surface area contributed by atoms with Crippen LogP contribution in [0.5, 0.6) is 0 Å². The molecule has 0 rings (SSSR count). The Morgan fingerprint density at radius 2 is 0.811 bits per heavy atom. The van der Waals surface area contributed by atoms with Crippen molar-refractivity contribution in [2.24, 2.45) is 0 Å². The van der Waals surface area contributed by atoms with Gasteiger partial charge in [-0.2, -0.15) is 0 Å². The first-order chi connectivity index (χ1) is 17.1. The third-order valence-corrected chi connectivity index (χ3v) is 18.1. The molecule has 0 heterocycles. The summed E-state index contributed by atoms with van der Waals surface area (Å²) in [6.45, 7) is 30.3. The predicted molar refractivity (Wildman–Crippen MR) is 173 cm³/mol. The van der Waals surface area contributed by atoms with Gasteiger partial charge in [0.25, 0.3) is 0 Å². The first kappa shape index (κ1) is 37.3. The first-order valence-corrected chi connectivity index (χ1v) is 22.0. The van der Waals surface area contributed by atoms with E-state index in [2.05, 4.69) is 86.9 Å². The van der Waals surface area contributed by atoms with Crippen molar-refractivity contribution in [2.45, 2.75) is 194 Å². The molecule has 0 spiro atoms. The van der Waals surface area contributed by atoms with Crippen LogP contribution in [-0.2, 0) is 8.85 Å². The van der Waals surface area contributed by atoms with Crippen LogP contribution in [-0.4, -0.2) is 41.9 Å². The molecule has 0 saturated heterocycles. The quantitative estimate of drug-likeness (QED) is 0.106. The second-order valence-corrected chi connectivity index (χ2v) is 24.3. The van der Waals surface area contributed by atoms with E-state index in [4.69, 9.17) is 8.85 Å². The highest BCUT2D eigenvalue weighted by atomic mass is 28.4. The SMILES string of the molecule is CCCCCCCCC(CNCC(CCCCCCCC)O[Si](C)(C)C(C)(C)C)O[Si](C)(C)C(C)(C)C. The van der Waals surface area contributed by atoms with Crippen LogP contribution in [0.3, 0.4) is 0 Å². The van der Waals surface area contributed by atoms with Gasteiger partial charge in [0.05, 0.1) is 12.2 Å². The number of hydrogen-bond acceptors (Lipinski definition) is 3. The minimum atomic E-state index is -1.79. The van der Waals surface area contributed by atoms with Crippen LogP contribution in [0, 0.1) is 0 Å². The Labute approximate surface area is 237 Å². The van der Waals surface area contributed by atoms with E-state index in [1.807, 2.05) is 0 Å². The van der Waals surface area contributed by atoms with E-state index in [1.165, 1.54) is 89.9 Å². The van der Waals surface area contributed by atoms with Gasteiger partial charge in [0, 0.05) is 13.1 Å². The van der Waals surface area contributed by atoms with Gasteiger partial charge in [-0.25, -0.2) is 0 Å². The molecule has 0 aromatic carbocycles. The maximum atomic E-state index is 6.95. The van der Waals surface area contributed by atoms with Gasteiger partial charge in [0.1, 0.15) is 0 Å². The van der Waals surface area contributed by atoms with E-state index in [0.717, 1.165) is 13.1 Å². The highest BCUT2D eigenvalue weighted by molar-refractivity contribution is 6.74. The second-order valence-electron chi connectivity index (χ2n) is 14.8. The molecule has 0 amide bonds. The summed E-state index contributed by atoms with van der Waals surface area (Å²) in [5, 5.41) is 4.35. The van der Waals surface area contributed by atoms with Crippen molar-refractivity contribution in [1.82, 2.24) is 5.32 Å². The molecule has 0 aromatic heterocycles. The second kappa shape index (κ2) is 18.6. The van der Waals surface area contributed by atoms with Crippen molar-refractivity contribution >= 4 is 16.6 Å². The Hall–Kier alpha value is 0.314. The fraction of sp³-hybridized carbons (Fsp3) is 1.00. The van der Waals surface area contributed by atoms with Gasteiger partial charge in [0.15, 0.2) is 16.6 Å². The summed E-state index contributed by atoms with van der Waals surface area (Å²) < 4.78 is 13.9. The lowest BCUT2D eigenvalue weighted by Gasteiger charge is -2.40. The van der Waals surface area contributed by atoms with E-state index in [0.29, 0.717) is 12.2 Å². The Morgan fingerprint density at radius 1 is 0.514 bits per heavy atom. The molecule has 0 aliphatic rings. The van der Waals surface area contributed by atoms with Crippen LogP contribution in [0.15, 0.2) is 0 Å². The Morgan fingerprint density at radius 3 is 1.11 bits per heavy atom. The van der Waals surface area contributed by atoms with Gasteiger partial charge in [-0.1, -0.05) is 132 Å². The summed E-state index contributed by atoms with van der Waals surface area (Å²) in [6, 6.07) is 0. The van der Waals surface area contributed by atoms with Gasteiger partial charge in [-0.3, -0.25) is 0 Å². The molecule has 2 atom stereocenters. The van der Waals surface area contributed by atoms with E-state index in [-0.39, 0.29) is 10.1 Å². The molecular formula is C32H71NO2Si2. The highest BCUT2D eigenvalue weighted by Crippen LogP contribution is 2.39. The average Bonchev–Trinajstić information content (AvgIpc) is 2.76. The number of hydrogen-bond donors (Lipinski definition) is 1. The average molecular weight is 558 g/mol. The largest absolute Gasteiger partial charge is 0.413 e. The minimum Gasteiger partial charge on any atom is -0.413 e.